The van der Waals surface area contributed by atoms with Crippen molar-refractivity contribution < 1.29 is 14.3 Å². The van der Waals surface area contributed by atoms with E-state index in [1.165, 1.54) is 4.57 Å². The maximum Gasteiger partial charge on any atom is 0.346 e. The summed E-state index contributed by atoms with van der Waals surface area (Å²) in [6.07, 6.45) is 1.71. The highest BCUT2D eigenvalue weighted by molar-refractivity contribution is 6.33. The van der Waals surface area contributed by atoms with Gasteiger partial charge in [0.1, 0.15) is 17.2 Å². The monoisotopic (exact) mass is 498 g/mol. The highest BCUT2D eigenvalue weighted by Crippen LogP contribution is 2.32. The lowest BCUT2D eigenvalue weighted by molar-refractivity contribution is -0.00571. The van der Waals surface area contributed by atoms with Crippen molar-refractivity contribution in [1.82, 2.24) is 14.5 Å². The molecule has 11 heteroatoms. The summed E-state index contributed by atoms with van der Waals surface area (Å²) in [6, 6.07) is 5.37. The van der Waals surface area contributed by atoms with E-state index in [2.05, 4.69) is 25.5 Å². The number of benzene rings is 1. The molecule has 0 saturated carbocycles. The lowest BCUT2D eigenvalue weighted by atomic mass is 10.1. The van der Waals surface area contributed by atoms with Gasteiger partial charge in [0, 0.05) is 31.2 Å². The van der Waals surface area contributed by atoms with E-state index in [9.17, 15) is 9.59 Å². The van der Waals surface area contributed by atoms with Crippen LogP contribution in [0.3, 0.4) is 0 Å². The molecule has 2 aliphatic rings. The Kier molecular flexibility index (Phi) is 6.02. The topological polar surface area (TPSA) is 111 Å². The van der Waals surface area contributed by atoms with Crippen LogP contribution in [0.2, 0.25) is 5.02 Å². The Morgan fingerprint density at radius 2 is 1.91 bits per heavy atom. The Balaban J connectivity index is 1.55. The largest absolute Gasteiger partial charge is 0.460 e. The molecule has 3 atom stereocenters. The first-order valence-corrected chi connectivity index (χ1v) is 11.9. The van der Waals surface area contributed by atoms with Crippen molar-refractivity contribution in [2.45, 2.75) is 39.0 Å². The van der Waals surface area contributed by atoms with Crippen LogP contribution in [0.5, 0.6) is 0 Å². The summed E-state index contributed by atoms with van der Waals surface area (Å²) in [5.41, 5.74) is 1.43. The molecule has 0 amide bonds. The second-order valence-electron chi connectivity index (χ2n) is 9.14. The fourth-order valence-electron chi connectivity index (χ4n) is 4.60. The normalized spacial score (nSPS) is 22.3. The van der Waals surface area contributed by atoms with Crippen molar-refractivity contribution >= 4 is 51.6 Å². The molecule has 4 heterocycles. The van der Waals surface area contributed by atoms with E-state index in [0.717, 1.165) is 0 Å². The number of aryl methyl sites for hydroxylation is 1. The predicted molar refractivity (Wildman–Crippen MR) is 135 cm³/mol. The summed E-state index contributed by atoms with van der Waals surface area (Å²) in [5.74, 6) is 0.392. The molecule has 10 nitrogen and oxygen atoms in total. The molecule has 0 unspecified atom stereocenters. The van der Waals surface area contributed by atoms with Gasteiger partial charge in [-0.3, -0.25) is 4.79 Å². The van der Waals surface area contributed by atoms with Gasteiger partial charge >= 0.3 is 5.97 Å². The average Bonchev–Trinajstić information content (AvgIpc) is 2.96. The minimum atomic E-state index is -0.629. The standard InChI is InChI=1S/C24H27ClN6O4/c1-12-11-34-23(33)19-20(27-12)16-7-15(5-6-18(16)30(4)22(19)32)28-21-17(25)8-26-24(29-21)31-9-13(2)35-14(3)10-31/h5-8,12-14,27H,9-11H2,1-4H3,(H,26,28,29)/t12-,13-,14+/m0/s1. The quantitative estimate of drug-likeness (QED) is 0.525. The van der Waals surface area contributed by atoms with Gasteiger partial charge in [0.15, 0.2) is 5.82 Å². The van der Waals surface area contributed by atoms with Gasteiger partial charge in [0.25, 0.3) is 5.56 Å². The zero-order valence-corrected chi connectivity index (χ0v) is 20.7. The number of rotatable bonds is 3. The third-order valence-corrected chi connectivity index (χ3v) is 6.43. The number of ether oxygens (including phenoxy) is 2. The highest BCUT2D eigenvalue weighted by Gasteiger charge is 2.28. The van der Waals surface area contributed by atoms with Crippen LogP contribution in [0, 0.1) is 0 Å². The molecule has 5 rings (SSSR count). The summed E-state index contributed by atoms with van der Waals surface area (Å²) in [4.78, 5) is 36.7. The second kappa shape index (κ2) is 9.01. The molecular formula is C24H27ClN6O4. The van der Waals surface area contributed by atoms with Gasteiger partial charge in [0.05, 0.1) is 35.7 Å². The minimum Gasteiger partial charge on any atom is -0.460 e. The molecule has 184 valence electrons. The molecule has 35 heavy (non-hydrogen) atoms. The zero-order valence-electron chi connectivity index (χ0n) is 20.0. The van der Waals surface area contributed by atoms with Gasteiger partial charge in [-0.15, -0.1) is 0 Å². The third-order valence-electron chi connectivity index (χ3n) is 6.15. The molecule has 1 saturated heterocycles. The molecule has 0 spiro atoms. The van der Waals surface area contributed by atoms with E-state index in [0.29, 0.717) is 52.2 Å². The first kappa shape index (κ1) is 23.4. The number of carbonyl (C=O) groups is 1. The second-order valence-corrected chi connectivity index (χ2v) is 9.55. The van der Waals surface area contributed by atoms with E-state index >= 15 is 0 Å². The van der Waals surface area contributed by atoms with Crippen LogP contribution in [-0.4, -0.2) is 58.5 Å². The number of fused-ring (bicyclic) bond motifs is 3. The van der Waals surface area contributed by atoms with Gasteiger partial charge in [-0.2, -0.15) is 4.98 Å². The van der Waals surface area contributed by atoms with Crippen molar-refractivity contribution in [3.63, 3.8) is 0 Å². The Hall–Kier alpha value is -3.37. The summed E-state index contributed by atoms with van der Waals surface area (Å²) >= 11 is 6.43. The van der Waals surface area contributed by atoms with Crippen LogP contribution in [0.25, 0.3) is 10.9 Å². The fraction of sp³-hybridized carbons (Fsp3) is 0.417. The van der Waals surface area contributed by atoms with Crippen molar-refractivity contribution in [2.24, 2.45) is 7.05 Å². The minimum absolute atomic E-state index is 0.000545. The number of nitrogens with zero attached hydrogens (tertiary/aromatic N) is 4. The third kappa shape index (κ3) is 4.39. The number of esters is 1. The number of hydrogen-bond donors (Lipinski definition) is 2. The summed E-state index contributed by atoms with van der Waals surface area (Å²) in [5, 5.41) is 7.62. The summed E-state index contributed by atoms with van der Waals surface area (Å²) in [7, 11) is 1.64. The van der Waals surface area contributed by atoms with Crippen molar-refractivity contribution in [2.75, 3.05) is 35.2 Å². The Labute approximate surface area is 207 Å². The molecule has 2 aliphatic heterocycles. The van der Waals surface area contributed by atoms with E-state index in [-0.39, 0.29) is 30.4 Å². The number of halogens is 1. The Bertz CT molecular complexity index is 1370. The Morgan fingerprint density at radius 1 is 1.17 bits per heavy atom. The fourth-order valence-corrected chi connectivity index (χ4v) is 4.74. The van der Waals surface area contributed by atoms with Gasteiger partial charge in [-0.05, 0) is 39.0 Å². The maximum absolute atomic E-state index is 12.9. The molecule has 3 aromatic rings. The van der Waals surface area contributed by atoms with Gasteiger partial charge in [-0.25, -0.2) is 9.78 Å². The molecule has 1 aromatic carbocycles. The van der Waals surface area contributed by atoms with Gasteiger partial charge in [0.2, 0.25) is 5.95 Å². The summed E-state index contributed by atoms with van der Waals surface area (Å²) in [6.45, 7) is 7.47. The first-order chi connectivity index (χ1) is 16.7. The number of nitrogens with one attached hydrogen (secondary N) is 2. The van der Waals surface area contributed by atoms with Crippen LogP contribution in [0.1, 0.15) is 31.1 Å². The van der Waals surface area contributed by atoms with Gasteiger partial charge < -0.3 is 29.6 Å². The number of morpholine rings is 1. The lowest BCUT2D eigenvalue weighted by Gasteiger charge is -2.35. The molecule has 2 N–H and O–H groups in total. The van der Waals surface area contributed by atoms with Crippen LogP contribution < -0.4 is 21.1 Å². The van der Waals surface area contributed by atoms with E-state index in [1.807, 2.05) is 39.0 Å². The lowest BCUT2D eigenvalue weighted by Crippen LogP contribution is -2.46. The van der Waals surface area contributed by atoms with Crippen molar-refractivity contribution in [3.05, 3.63) is 45.3 Å². The molecule has 2 aromatic heterocycles. The highest BCUT2D eigenvalue weighted by atomic mass is 35.5. The van der Waals surface area contributed by atoms with E-state index in [4.69, 9.17) is 21.1 Å². The van der Waals surface area contributed by atoms with Crippen molar-refractivity contribution in [1.29, 1.82) is 0 Å². The van der Waals surface area contributed by atoms with Gasteiger partial charge in [-0.1, -0.05) is 11.6 Å². The predicted octanol–water partition coefficient (Wildman–Crippen LogP) is 3.31. The first-order valence-electron chi connectivity index (χ1n) is 11.5. The maximum atomic E-state index is 12.9. The van der Waals surface area contributed by atoms with E-state index in [1.54, 1.807) is 13.2 Å². The number of cyclic esters (lactones) is 1. The SMILES string of the molecule is C[C@@H]1CN(c2ncc(Cl)c(Nc3ccc4c(c3)c3c(c(=O)n4C)C(=O)OC[C@H](C)N3)n2)C[C@H](C)O1. The van der Waals surface area contributed by atoms with Crippen LogP contribution in [0.15, 0.2) is 29.2 Å². The average molecular weight is 499 g/mol. The smallest absolute Gasteiger partial charge is 0.346 e. The number of pyridine rings is 1. The van der Waals surface area contributed by atoms with Crippen LogP contribution in [-0.2, 0) is 16.5 Å². The van der Waals surface area contributed by atoms with Crippen LogP contribution in [0.4, 0.5) is 23.1 Å². The Morgan fingerprint density at radius 3 is 2.66 bits per heavy atom. The number of aromatic nitrogens is 3. The molecular weight excluding hydrogens is 472 g/mol. The van der Waals surface area contributed by atoms with E-state index < -0.39 is 11.5 Å². The summed E-state index contributed by atoms with van der Waals surface area (Å²) < 4.78 is 12.5. The number of anilines is 4. The van der Waals surface area contributed by atoms with Crippen LogP contribution >= 0.6 is 11.6 Å². The molecule has 1 fully saturated rings. The molecule has 0 bridgehead atoms. The molecule has 0 radical (unpaired) electrons. The number of carbonyl (C=O) groups excluding carboxylic acids is 1. The molecule has 0 aliphatic carbocycles. The number of hydrogen-bond acceptors (Lipinski definition) is 9. The van der Waals surface area contributed by atoms with Crippen molar-refractivity contribution in [3.8, 4) is 0 Å². The zero-order chi connectivity index (χ0) is 24.9.